The van der Waals surface area contributed by atoms with Crippen LogP contribution in [-0.2, 0) is 4.74 Å². The van der Waals surface area contributed by atoms with E-state index >= 15 is 0 Å². The maximum Gasteiger partial charge on any atom is 0.414 e. The number of aromatic nitrogens is 1. The number of para-hydroxylation sites is 1. The number of nitrogens with one attached hydrogen (secondary N) is 1. The minimum Gasteiger partial charge on any atom is -0.452 e. The van der Waals surface area contributed by atoms with E-state index in [1.54, 1.807) is 16.2 Å². The van der Waals surface area contributed by atoms with Gasteiger partial charge in [-0.2, -0.15) is 0 Å². The second-order valence-electron chi connectivity index (χ2n) is 5.84. The highest BCUT2D eigenvalue weighted by Gasteiger charge is 2.34. The van der Waals surface area contributed by atoms with E-state index in [-0.39, 0.29) is 18.2 Å². The molecule has 2 heterocycles. The Balaban J connectivity index is 1.95. The zero-order valence-corrected chi connectivity index (χ0v) is 14.6. The lowest BCUT2D eigenvalue weighted by atomic mass is 9.92. The average molecular weight is 331 g/mol. The number of rotatable bonds is 2. The van der Waals surface area contributed by atoms with E-state index in [2.05, 4.69) is 23.3 Å². The third kappa shape index (κ3) is 2.91. The number of aryl methyl sites for hydroxylation is 2. The SMILES string of the molecule is COC(=O)N1c2ccccc2C(Nc2nc(C)c(C)s2)CC1C. The molecule has 1 aliphatic rings. The highest BCUT2D eigenvalue weighted by molar-refractivity contribution is 7.15. The topological polar surface area (TPSA) is 54.5 Å². The molecule has 1 N–H and O–H groups in total. The molecule has 1 aliphatic heterocycles. The second kappa shape index (κ2) is 6.20. The minimum absolute atomic E-state index is 0.0528. The monoisotopic (exact) mass is 331 g/mol. The van der Waals surface area contributed by atoms with Crippen molar-refractivity contribution < 1.29 is 9.53 Å². The van der Waals surface area contributed by atoms with Gasteiger partial charge in [-0.1, -0.05) is 18.2 Å². The summed E-state index contributed by atoms with van der Waals surface area (Å²) in [7, 11) is 1.42. The molecule has 0 saturated heterocycles. The molecule has 0 fully saturated rings. The molecule has 1 amide bonds. The van der Waals surface area contributed by atoms with Gasteiger partial charge in [0.1, 0.15) is 0 Å². The molecular formula is C17H21N3O2S. The molecule has 3 rings (SSSR count). The van der Waals surface area contributed by atoms with Crippen molar-refractivity contribution in [3.05, 3.63) is 40.4 Å². The smallest absolute Gasteiger partial charge is 0.414 e. The van der Waals surface area contributed by atoms with Crippen LogP contribution in [0, 0.1) is 13.8 Å². The maximum atomic E-state index is 12.1. The number of hydrogen-bond acceptors (Lipinski definition) is 5. The normalized spacial score (nSPS) is 20.1. The van der Waals surface area contributed by atoms with Gasteiger partial charge >= 0.3 is 6.09 Å². The highest BCUT2D eigenvalue weighted by Crippen LogP contribution is 2.39. The summed E-state index contributed by atoms with van der Waals surface area (Å²) in [4.78, 5) is 19.7. The minimum atomic E-state index is -0.315. The van der Waals surface area contributed by atoms with Crippen LogP contribution in [0.1, 0.15) is 35.5 Å². The van der Waals surface area contributed by atoms with Crippen LogP contribution in [0.4, 0.5) is 15.6 Å². The number of methoxy groups -OCH3 is 1. The van der Waals surface area contributed by atoms with Gasteiger partial charge < -0.3 is 10.1 Å². The first-order valence-corrected chi connectivity index (χ1v) is 8.49. The molecule has 122 valence electrons. The van der Waals surface area contributed by atoms with Crippen molar-refractivity contribution in [2.24, 2.45) is 0 Å². The Morgan fingerprint density at radius 3 is 2.78 bits per heavy atom. The van der Waals surface area contributed by atoms with E-state index < -0.39 is 0 Å². The first-order chi connectivity index (χ1) is 11.0. The van der Waals surface area contributed by atoms with Crippen molar-refractivity contribution in [2.45, 2.75) is 39.3 Å². The van der Waals surface area contributed by atoms with Crippen LogP contribution in [0.25, 0.3) is 0 Å². The molecule has 0 saturated carbocycles. The zero-order valence-electron chi connectivity index (χ0n) is 13.8. The van der Waals surface area contributed by atoms with E-state index in [1.165, 1.54) is 12.0 Å². The van der Waals surface area contributed by atoms with E-state index in [0.717, 1.165) is 28.5 Å². The van der Waals surface area contributed by atoms with Crippen molar-refractivity contribution in [1.82, 2.24) is 4.98 Å². The first kappa shape index (κ1) is 15.8. The number of ether oxygens (including phenoxy) is 1. The summed E-state index contributed by atoms with van der Waals surface area (Å²) in [5.74, 6) is 0. The third-order valence-electron chi connectivity index (χ3n) is 4.29. The van der Waals surface area contributed by atoms with Crippen LogP contribution >= 0.6 is 11.3 Å². The second-order valence-corrected chi connectivity index (χ2v) is 7.04. The standard InChI is InChI=1S/C17H21N3O2S/c1-10-9-14(19-16-18-11(2)12(3)23-16)13-7-5-6-8-15(13)20(10)17(21)22-4/h5-8,10,14H,9H2,1-4H3,(H,18,19). The summed E-state index contributed by atoms with van der Waals surface area (Å²) in [5.41, 5.74) is 3.06. The molecule has 2 aromatic rings. The Bertz CT molecular complexity index is 709. The van der Waals surface area contributed by atoms with Gasteiger partial charge in [0.2, 0.25) is 0 Å². The molecule has 0 spiro atoms. The van der Waals surface area contributed by atoms with Gasteiger partial charge in [-0.15, -0.1) is 11.3 Å². The van der Waals surface area contributed by atoms with Crippen molar-refractivity contribution in [3.63, 3.8) is 0 Å². The number of thiazole rings is 1. The van der Waals surface area contributed by atoms with Crippen molar-refractivity contribution in [3.8, 4) is 0 Å². The number of nitrogens with zero attached hydrogens (tertiary/aromatic N) is 2. The molecule has 2 unspecified atom stereocenters. The highest BCUT2D eigenvalue weighted by atomic mass is 32.1. The number of hydrogen-bond donors (Lipinski definition) is 1. The number of fused-ring (bicyclic) bond motifs is 1. The maximum absolute atomic E-state index is 12.1. The molecule has 0 aliphatic carbocycles. The zero-order chi connectivity index (χ0) is 16.6. The molecule has 1 aromatic carbocycles. The molecule has 2 atom stereocenters. The lowest BCUT2D eigenvalue weighted by Crippen LogP contribution is -2.44. The van der Waals surface area contributed by atoms with Gasteiger partial charge in [0, 0.05) is 10.9 Å². The van der Waals surface area contributed by atoms with Crippen LogP contribution < -0.4 is 10.2 Å². The fourth-order valence-corrected chi connectivity index (χ4v) is 3.88. The number of anilines is 2. The van der Waals surface area contributed by atoms with E-state index in [4.69, 9.17) is 4.74 Å². The van der Waals surface area contributed by atoms with Gasteiger partial charge in [-0.3, -0.25) is 4.90 Å². The molecule has 0 bridgehead atoms. The van der Waals surface area contributed by atoms with Crippen LogP contribution in [0.15, 0.2) is 24.3 Å². The van der Waals surface area contributed by atoms with Crippen molar-refractivity contribution in [1.29, 1.82) is 0 Å². The first-order valence-electron chi connectivity index (χ1n) is 7.68. The lowest BCUT2D eigenvalue weighted by Gasteiger charge is -2.38. The van der Waals surface area contributed by atoms with Gasteiger partial charge in [0.25, 0.3) is 0 Å². The summed E-state index contributed by atoms with van der Waals surface area (Å²) in [6.07, 6.45) is 0.494. The summed E-state index contributed by atoms with van der Waals surface area (Å²) < 4.78 is 4.95. The molecular weight excluding hydrogens is 310 g/mol. The van der Waals surface area contributed by atoms with E-state index in [1.807, 2.05) is 32.0 Å². The quantitative estimate of drug-likeness (QED) is 0.892. The number of carbonyl (C=O) groups is 1. The fourth-order valence-electron chi connectivity index (χ4n) is 3.01. The predicted octanol–water partition coefficient (Wildman–Crippen LogP) is 4.28. The molecule has 6 heteroatoms. The Morgan fingerprint density at radius 2 is 2.13 bits per heavy atom. The van der Waals surface area contributed by atoms with Gasteiger partial charge in [0.05, 0.1) is 24.5 Å². The van der Waals surface area contributed by atoms with E-state index in [0.29, 0.717) is 0 Å². The van der Waals surface area contributed by atoms with Crippen molar-refractivity contribution in [2.75, 3.05) is 17.3 Å². The van der Waals surface area contributed by atoms with Crippen LogP contribution in [0.3, 0.4) is 0 Å². The molecule has 1 aromatic heterocycles. The van der Waals surface area contributed by atoms with Crippen molar-refractivity contribution >= 4 is 28.2 Å². The lowest BCUT2D eigenvalue weighted by molar-refractivity contribution is 0.175. The summed E-state index contributed by atoms with van der Waals surface area (Å²) in [5, 5.41) is 4.46. The predicted molar refractivity (Wildman–Crippen MR) is 93.4 cm³/mol. The molecule has 0 radical (unpaired) electrons. The summed E-state index contributed by atoms with van der Waals surface area (Å²) >= 11 is 1.67. The van der Waals surface area contributed by atoms with Gasteiger partial charge in [-0.05, 0) is 38.8 Å². The van der Waals surface area contributed by atoms with Crippen LogP contribution in [0.5, 0.6) is 0 Å². The number of amides is 1. The average Bonchev–Trinajstić information content (AvgIpc) is 2.85. The Kier molecular flexibility index (Phi) is 4.26. The summed E-state index contributed by atoms with van der Waals surface area (Å²) in [6, 6.07) is 8.15. The Morgan fingerprint density at radius 1 is 1.39 bits per heavy atom. The number of benzene rings is 1. The van der Waals surface area contributed by atoms with Gasteiger partial charge in [-0.25, -0.2) is 9.78 Å². The van der Waals surface area contributed by atoms with Gasteiger partial charge in [0.15, 0.2) is 5.13 Å². The Labute approximate surface area is 140 Å². The largest absolute Gasteiger partial charge is 0.452 e. The van der Waals surface area contributed by atoms with Crippen LogP contribution in [0.2, 0.25) is 0 Å². The Hall–Kier alpha value is -2.08. The van der Waals surface area contributed by atoms with E-state index in [9.17, 15) is 4.79 Å². The number of carbonyl (C=O) groups excluding carboxylic acids is 1. The fraction of sp³-hybridized carbons (Fsp3) is 0.412. The summed E-state index contributed by atoms with van der Waals surface area (Å²) in [6.45, 7) is 6.14. The van der Waals surface area contributed by atoms with Crippen LogP contribution in [-0.4, -0.2) is 24.2 Å². The molecule has 5 nitrogen and oxygen atoms in total. The third-order valence-corrected chi connectivity index (χ3v) is 5.29. The molecule has 23 heavy (non-hydrogen) atoms.